The van der Waals surface area contributed by atoms with Gasteiger partial charge in [-0.3, -0.25) is 9.98 Å². The molecular weight excluding hydrogens is 453 g/mol. The summed E-state index contributed by atoms with van der Waals surface area (Å²) in [4.78, 5) is 22.4. The molecule has 0 aromatic carbocycles. The van der Waals surface area contributed by atoms with Crippen LogP contribution in [-0.2, 0) is 6.42 Å². The number of hydrogen-bond acceptors (Lipinski definition) is 5. The van der Waals surface area contributed by atoms with Crippen LogP contribution in [0.25, 0.3) is 0 Å². The summed E-state index contributed by atoms with van der Waals surface area (Å²) in [6.45, 7) is 9.36. The van der Waals surface area contributed by atoms with E-state index in [2.05, 4.69) is 49.1 Å². The summed E-state index contributed by atoms with van der Waals surface area (Å²) in [5, 5.41) is 3.41. The van der Waals surface area contributed by atoms with Crippen LogP contribution in [0.3, 0.4) is 0 Å². The van der Waals surface area contributed by atoms with Gasteiger partial charge in [-0.25, -0.2) is 9.97 Å². The van der Waals surface area contributed by atoms with E-state index < -0.39 is 0 Å². The number of nitrogens with zero attached hydrogens (tertiary/aromatic N) is 6. The molecule has 0 atom stereocenters. The van der Waals surface area contributed by atoms with Crippen molar-refractivity contribution in [1.29, 1.82) is 0 Å². The third-order valence-corrected chi connectivity index (χ3v) is 4.38. The zero-order valence-electron chi connectivity index (χ0n) is 16.0. The van der Waals surface area contributed by atoms with E-state index in [-0.39, 0.29) is 24.0 Å². The number of halogens is 1. The maximum Gasteiger partial charge on any atom is 0.225 e. The van der Waals surface area contributed by atoms with Crippen molar-refractivity contribution < 1.29 is 0 Å². The molecular formula is C19H28IN7. The van der Waals surface area contributed by atoms with Gasteiger partial charge in [0.15, 0.2) is 5.96 Å². The third-order valence-electron chi connectivity index (χ3n) is 4.38. The van der Waals surface area contributed by atoms with E-state index in [9.17, 15) is 0 Å². The number of aryl methyl sites for hydroxylation is 1. The molecule has 2 aromatic rings. The molecule has 3 rings (SSSR count). The Kier molecular flexibility index (Phi) is 8.70. The number of nitrogens with one attached hydrogen (secondary N) is 1. The van der Waals surface area contributed by atoms with E-state index in [1.54, 1.807) is 12.4 Å². The molecule has 0 unspecified atom stereocenters. The van der Waals surface area contributed by atoms with Crippen LogP contribution in [0.4, 0.5) is 5.95 Å². The Morgan fingerprint density at radius 1 is 1.11 bits per heavy atom. The van der Waals surface area contributed by atoms with Crippen LogP contribution in [0.2, 0.25) is 0 Å². The average Bonchev–Trinajstić information content (AvgIpc) is 2.70. The van der Waals surface area contributed by atoms with Gasteiger partial charge in [-0.15, -0.1) is 24.0 Å². The van der Waals surface area contributed by atoms with Gasteiger partial charge in [-0.1, -0.05) is 6.07 Å². The Morgan fingerprint density at radius 2 is 1.85 bits per heavy atom. The lowest BCUT2D eigenvalue weighted by atomic mass is 10.2. The van der Waals surface area contributed by atoms with Crippen molar-refractivity contribution in [2.24, 2.45) is 4.99 Å². The molecule has 7 nitrogen and oxygen atoms in total. The second-order valence-electron chi connectivity index (χ2n) is 6.32. The van der Waals surface area contributed by atoms with E-state index in [4.69, 9.17) is 4.99 Å². The van der Waals surface area contributed by atoms with E-state index in [0.717, 1.165) is 63.3 Å². The fourth-order valence-corrected chi connectivity index (χ4v) is 2.94. The lowest BCUT2D eigenvalue weighted by molar-refractivity contribution is 0.370. The Labute approximate surface area is 178 Å². The molecule has 8 heteroatoms. The summed E-state index contributed by atoms with van der Waals surface area (Å²) in [5.41, 5.74) is 2.27. The number of piperazine rings is 1. The average molecular weight is 481 g/mol. The van der Waals surface area contributed by atoms with E-state index >= 15 is 0 Å². The van der Waals surface area contributed by atoms with Crippen molar-refractivity contribution in [3.8, 4) is 0 Å². The van der Waals surface area contributed by atoms with Gasteiger partial charge >= 0.3 is 0 Å². The summed E-state index contributed by atoms with van der Waals surface area (Å²) in [6, 6.07) is 6.03. The van der Waals surface area contributed by atoms with E-state index in [1.165, 1.54) is 5.56 Å². The summed E-state index contributed by atoms with van der Waals surface area (Å²) in [7, 11) is 0. The number of hydrogen-bond donors (Lipinski definition) is 1. The third kappa shape index (κ3) is 6.30. The summed E-state index contributed by atoms with van der Waals surface area (Å²) in [5.74, 6) is 1.79. The van der Waals surface area contributed by atoms with E-state index in [1.807, 2.05) is 19.2 Å². The van der Waals surface area contributed by atoms with Gasteiger partial charge in [0, 0.05) is 63.6 Å². The minimum Gasteiger partial charge on any atom is -0.357 e. The van der Waals surface area contributed by atoms with Crippen molar-refractivity contribution in [2.75, 3.05) is 44.2 Å². The molecule has 1 aliphatic heterocycles. The zero-order valence-corrected chi connectivity index (χ0v) is 18.3. The van der Waals surface area contributed by atoms with Crippen molar-refractivity contribution in [2.45, 2.75) is 20.3 Å². The van der Waals surface area contributed by atoms with Crippen LogP contribution in [0.5, 0.6) is 0 Å². The molecule has 1 aliphatic rings. The molecule has 0 amide bonds. The highest BCUT2D eigenvalue weighted by Crippen LogP contribution is 2.10. The Bertz CT molecular complexity index is 698. The normalized spacial score (nSPS) is 14.7. The molecule has 3 heterocycles. The maximum absolute atomic E-state index is 4.81. The molecule has 1 saturated heterocycles. The number of aromatic nitrogens is 3. The molecule has 0 saturated carbocycles. The minimum atomic E-state index is 0. The van der Waals surface area contributed by atoms with Crippen LogP contribution in [0, 0.1) is 6.92 Å². The van der Waals surface area contributed by atoms with Crippen LogP contribution >= 0.6 is 24.0 Å². The van der Waals surface area contributed by atoms with Crippen molar-refractivity contribution in [3.63, 3.8) is 0 Å². The number of guanidine groups is 1. The summed E-state index contributed by atoms with van der Waals surface area (Å²) in [6.07, 6.45) is 6.43. The first-order valence-corrected chi connectivity index (χ1v) is 9.23. The Hall–Kier alpha value is -1.97. The van der Waals surface area contributed by atoms with Crippen LogP contribution in [0.15, 0.2) is 41.8 Å². The molecule has 0 spiro atoms. The maximum atomic E-state index is 4.81. The first-order chi connectivity index (χ1) is 12.8. The summed E-state index contributed by atoms with van der Waals surface area (Å²) < 4.78 is 0. The number of anilines is 1. The molecule has 2 aromatic heterocycles. The molecule has 27 heavy (non-hydrogen) atoms. The first kappa shape index (κ1) is 21.3. The first-order valence-electron chi connectivity index (χ1n) is 9.23. The van der Waals surface area contributed by atoms with Crippen LogP contribution in [0.1, 0.15) is 18.2 Å². The van der Waals surface area contributed by atoms with Gasteiger partial charge in [-0.05, 0) is 38.0 Å². The molecule has 0 bridgehead atoms. The second kappa shape index (κ2) is 11.0. The Balaban J connectivity index is 0.00000261. The van der Waals surface area contributed by atoms with Crippen LogP contribution < -0.4 is 10.2 Å². The fraction of sp³-hybridized carbons (Fsp3) is 0.474. The Morgan fingerprint density at radius 3 is 2.48 bits per heavy atom. The van der Waals surface area contributed by atoms with Gasteiger partial charge in [-0.2, -0.15) is 0 Å². The van der Waals surface area contributed by atoms with Crippen molar-refractivity contribution in [1.82, 2.24) is 25.2 Å². The van der Waals surface area contributed by atoms with Crippen molar-refractivity contribution >= 4 is 35.9 Å². The predicted octanol–water partition coefficient (Wildman–Crippen LogP) is 2.13. The lowest BCUT2D eigenvalue weighted by Crippen LogP contribution is -2.53. The lowest BCUT2D eigenvalue weighted by Gasteiger charge is -2.36. The highest BCUT2D eigenvalue weighted by Gasteiger charge is 2.20. The highest BCUT2D eigenvalue weighted by molar-refractivity contribution is 14.0. The quantitative estimate of drug-likeness (QED) is 0.401. The van der Waals surface area contributed by atoms with Gasteiger partial charge < -0.3 is 15.1 Å². The van der Waals surface area contributed by atoms with Crippen molar-refractivity contribution in [3.05, 3.63) is 48.0 Å². The monoisotopic (exact) mass is 481 g/mol. The highest BCUT2D eigenvalue weighted by atomic mass is 127. The van der Waals surface area contributed by atoms with Gasteiger partial charge in [0.2, 0.25) is 5.95 Å². The smallest absolute Gasteiger partial charge is 0.225 e. The predicted molar refractivity (Wildman–Crippen MR) is 120 cm³/mol. The molecule has 0 radical (unpaired) electrons. The number of aliphatic imine (C=N–C) groups is 1. The van der Waals surface area contributed by atoms with E-state index in [0.29, 0.717) is 0 Å². The van der Waals surface area contributed by atoms with Gasteiger partial charge in [0.1, 0.15) is 0 Å². The minimum absolute atomic E-state index is 0. The molecule has 1 N–H and O–H groups in total. The molecule has 0 aliphatic carbocycles. The van der Waals surface area contributed by atoms with Crippen LogP contribution in [-0.4, -0.2) is 65.1 Å². The second-order valence-corrected chi connectivity index (χ2v) is 6.32. The molecule has 1 fully saturated rings. The topological polar surface area (TPSA) is 69.5 Å². The van der Waals surface area contributed by atoms with Gasteiger partial charge in [0.05, 0.1) is 0 Å². The number of rotatable bonds is 5. The SMILES string of the molecule is CCNC(=NCCc1ccc(C)nc1)N1CCN(c2ncccn2)CC1.I. The summed E-state index contributed by atoms with van der Waals surface area (Å²) >= 11 is 0. The standard InChI is InChI=1S/C19H27N7.HI/c1-3-20-18(23-10-7-17-6-5-16(2)24-15-17)25-11-13-26(14-12-25)19-21-8-4-9-22-19;/h4-6,8-9,15H,3,7,10-14H2,1-2H3,(H,20,23);1H. The fourth-order valence-electron chi connectivity index (χ4n) is 2.94. The zero-order chi connectivity index (χ0) is 18.2. The molecule has 146 valence electrons. The largest absolute Gasteiger partial charge is 0.357 e. The number of pyridine rings is 1. The van der Waals surface area contributed by atoms with Gasteiger partial charge in [0.25, 0.3) is 0 Å².